The van der Waals surface area contributed by atoms with Gasteiger partial charge in [0.25, 0.3) is 5.91 Å². The predicted molar refractivity (Wildman–Crippen MR) is 89.6 cm³/mol. The molecule has 3 N–H and O–H groups in total. The van der Waals surface area contributed by atoms with Gasteiger partial charge < -0.3 is 20.7 Å². The Balaban J connectivity index is 1.77. The van der Waals surface area contributed by atoms with Crippen LogP contribution in [0.1, 0.15) is 37.0 Å². The summed E-state index contributed by atoms with van der Waals surface area (Å²) in [6, 6.07) is 6.57. The first-order valence-corrected chi connectivity index (χ1v) is 8.09. The molecule has 3 amide bonds. The van der Waals surface area contributed by atoms with Crippen molar-refractivity contribution in [2.24, 2.45) is 5.92 Å². The molecule has 0 bridgehead atoms. The molecule has 1 fully saturated rings. The van der Waals surface area contributed by atoms with Crippen molar-refractivity contribution >= 4 is 17.6 Å². The number of benzene rings is 1. The standard InChI is InChI=1S/C17H25N3O3/c1-12(2)10-18-16(21)13-5-7-14(8-6-13)20-17(22)19-11-15-4-3-9-23-15/h5-8,12,15H,3-4,9-11H2,1-2H3,(H,18,21)(H2,19,20,22)/t15-/m1/s1. The second-order valence-electron chi connectivity index (χ2n) is 6.15. The summed E-state index contributed by atoms with van der Waals surface area (Å²) in [7, 11) is 0. The second kappa shape index (κ2) is 8.53. The molecule has 1 aromatic carbocycles. The van der Waals surface area contributed by atoms with Gasteiger partial charge >= 0.3 is 6.03 Å². The predicted octanol–water partition coefficient (Wildman–Crippen LogP) is 2.37. The van der Waals surface area contributed by atoms with Crippen LogP contribution >= 0.6 is 0 Å². The molecular formula is C17H25N3O3. The van der Waals surface area contributed by atoms with Crippen molar-refractivity contribution in [1.29, 1.82) is 0 Å². The molecule has 1 saturated heterocycles. The van der Waals surface area contributed by atoms with Gasteiger partial charge in [-0.05, 0) is 43.0 Å². The molecule has 0 spiro atoms. The number of carbonyl (C=O) groups is 2. The maximum absolute atomic E-state index is 11.9. The molecule has 0 radical (unpaired) electrons. The van der Waals surface area contributed by atoms with E-state index in [9.17, 15) is 9.59 Å². The highest BCUT2D eigenvalue weighted by Gasteiger charge is 2.16. The Labute approximate surface area is 137 Å². The van der Waals surface area contributed by atoms with Crippen LogP contribution in [0.3, 0.4) is 0 Å². The van der Waals surface area contributed by atoms with Gasteiger partial charge in [0.15, 0.2) is 0 Å². The van der Waals surface area contributed by atoms with Crippen molar-refractivity contribution in [2.75, 3.05) is 25.0 Å². The first-order valence-electron chi connectivity index (χ1n) is 8.09. The van der Waals surface area contributed by atoms with E-state index in [-0.39, 0.29) is 18.0 Å². The van der Waals surface area contributed by atoms with Crippen LogP contribution in [0.2, 0.25) is 0 Å². The Bertz CT molecular complexity index is 522. The number of carbonyl (C=O) groups excluding carboxylic acids is 2. The molecule has 0 aromatic heterocycles. The molecule has 1 atom stereocenters. The van der Waals surface area contributed by atoms with Gasteiger partial charge in [-0.1, -0.05) is 13.8 Å². The minimum absolute atomic E-state index is 0.104. The van der Waals surface area contributed by atoms with E-state index in [1.54, 1.807) is 24.3 Å². The number of urea groups is 1. The van der Waals surface area contributed by atoms with Crippen molar-refractivity contribution in [1.82, 2.24) is 10.6 Å². The Morgan fingerprint density at radius 3 is 2.57 bits per heavy atom. The molecule has 0 saturated carbocycles. The summed E-state index contributed by atoms with van der Waals surface area (Å²) in [5.74, 6) is 0.306. The van der Waals surface area contributed by atoms with Crippen molar-refractivity contribution in [2.45, 2.75) is 32.8 Å². The maximum atomic E-state index is 11.9. The van der Waals surface area contributed by atoms with Crippen LogP contribution in [0.15, 0.2) is 24.3 Å². The van der Waals surface area contributed by atoms with E-state index in [0.29, 0.717) is 30.3 Å². The van der Waals surface area contributed by atoms with Gasteiger partial charge in [-0.15, -0.1) is 0 Å². The van der Waals surface area contributed by atoms with E-state index in [2.05, 4.69) is 16.0 Å². The molecule has 6 heteroatoms. The Morgan fingerprint density at radius 1 is 1.22 bits per heavy atom. The fraction of sp³-hybridized carbons (Fsp3) is 0.529. The Kier molecular flexibility index (Phi) is 6.40. The third-order valence-corrected chi connectivity index (χ3v) is 3.59. The molecule has 2 rings (SSSR count). The van der Waals surface area contributed by atoms with Crippen molar-refractivity contribution < 1.29 is 14.3 Å². The van der Waals surface area contributed by atoms with E-state index in [1.165, 1.54) is 0 Å². The lowest BCUT2D eigenvalue weighted by molar-refractivity contribution is 0.0949. The molecule has 23 heavy (non-hydrogen) atoms. The van der Waals surface area contributed by atoms with E-state index < -0.39 is 0 Å². The third kappa shape index (κ3) is 5.90. The van der Waals surface area contributed by atoms with Crippen molar-refractivity contribution in [3.63, 3.8) is 0 Å². The summed E-state index contributed by atoms with van der Waals surface area (Å²) in [6.07, 6.45) is 2.15. The van der Waals surface area contributed by atoms with Crippen LogP contribution in [0.5, 0.6) is 0 Å². The molecule has 0 aliphatic carbocycles. The second-order valence-corrected chi connectivity index (χ2v) is 6.15. The molecule has 1 aliphatic rings. The Hall–Kier alpha value is -2.08. The maximum Gasteiger partial charge on any atom is 0.319 e. The highest BCUT2D eigenvalue weighted by molar-refractivity contribution is 5.95. The minimum atomic E-state index is -0.266. The van der Waals surface area contributed by atoms with Crippen LogP contribution in [0.25, 0.3) is 0 Å². The summed E-state index contributed by atoms with van der Waals surface area (Å²) in [5.41, 5.74) is 1.23. The normalized spacial score (nSPS) is 17.1. The average Bonchev–Trinajstić information content (AvgIpc) is 3.05. The fourth-order valence-corrected chi connectivity index (χ4v) is 2.29. The highest BCUT2D eigenvalue weighted by atomic mass is 16.5. The molecule has 1 heterocycles. The SMILES string of the molecule is CC(C)CNC(=O)c1ccc(NC(=O)NC[C@H]2CCCO2)cc1. The van der Waals surface area contributed by atoms with Gasteiger partial charge in [0.2, 0.25) is 0 Å². The lowest BCUT2D eigenvalue weighted by Gasteiger charge is -2.12. The minimum Gasteiger partial charge on any atom is -0.376 e. The van der Waals surface area contributed by atoms with Crippen LogP contribution in [-0.4, -0.2) is 37.7 Å². The van der Waals surface area contributed by atoms with Crippen molar-refractivity contribution in [3.05, 3.63) is 29.8 Å². The molecule has 1 aliphatic heterocycles. The van der Waals surface area contributed by atoms with Gasteiger partial charge in [-0.3, -0.25) is 4.79 Å². The van der Waals surface area contributed by atoms with Gasteiger partial charge in [0.05, 0.1) is 6.10 Å². The van der Waals surface area contributed by atoms with E-state index in [1.807, 2.05) is 13.8 Å². The first-order chi connectivity index (χ1) is 11.0. The number of rotatable bonds is 6. The lowest BCUT2D eigenvalue weighted by Crippen LogP contribution is -2.35. The zero-order chi connectivity index (χ0) is 16.7. The zero-order valence-electron chi connectivity index (χ0n) is 13.7. The number of nitrogens with one attached hydrogen (secondary N) is 3. The molecule has 126 valence electrons. The number of amides is 3. The largest absolute Gasteiger partial charge is 0.376 e. The third-order valence-electron chi connectivity index (χ3n) is 3.59. The topological polar surface area (TPSA) is 79.5 Å². The van der Waals surface area contributed by atoms with E-state index in [4.69, 9.17) is 4.74 Å². The Morgan fingerprint density at radius 2 is 1.96 bits per heavy atom. The van der Waals surface area contributed by atoms with Crippen molar-refractivity contribution in [3.8, 4) is 0 Å². The van der Waals surface area contributed by atoms with Gasteiger partial charge in [0.1, 0.15) is 0 Å². The zero-order valence-corrected chi connectivity index (χ0v) is 13.7. The van der Waals surface area contributed by atoms with E-state index in [0.717, 1.165) is 19.4 Å². The van der Waals surface area contributed by atoms with E-state index >= 15 is 0 Å². The summed E-state index contributed by atoms with van der Waals surface area (Å²) in [6.45, 7) is 6.02. The van der Waals surface area contributed by atoms with Crippen LogP contribution < -0.4 is 16.0 Å². The molecule has 1 aromatic rings. The van der Waals surface area contributed by atoms with Gasteiger partial charge in [-0.2, -0.15) is 0 Å². The number of hydrogen-bond donors (Lipinski definition) is 3. The average molecular weight is 319 g/mol. The summed E-state index contributed by atoms with van der Waals surface area (Å²) in [4.78, 5) is 23.7. The smallest absolute Gasteiger partial charge is 0.319 e. The van der Waals surface area contributed by atoms with Crippen LogP contribution in [0, 0.1) is 5.92 Å². The van der Waals surface area contributed by atoms with Gasteiger partial charge in [0, 0.05) is 30.9 Å². The monoisotopic (exact) mass is 319 g/mol. The molecular weight excluding hydrogens is 294 g/mol. The summed E-state index contributed by atoms with van der Waals surface area (Å²) >= 11 is 0. The summed E-state index contributed by atoms with van der Waals surface area (Å²) < 4.78 is 5.45. The lowest BCUT2D eigenvalue weighted by atomic mass is 10.1. The van der Waals surface area contributed by atoms with Gasteiger partial charge in [-0.25, -0.2) is 4.79 Å². The molecule has 0 unspecified atom stereocenters. The molecule has 6 nitrogen and oxygen atoms in total. The number of ether oxygens (including phenoxy) is 1. The summed E-state index contributed by atoms with van der Waals surface area (Å²) in [5, 5.41) is 8.39. The first kappa shape index (κ1) is 17.3. The highest BCUT2D eigenvalue weighted by Crippen LogP contribution is 2.11. The van der Waals surface area contributed by atoms with Crippen LogP contribution in [-0.2, 0) is 4.74 Å². The fourth-order valence-electron chi connectivity index (χ4n) is 2.29. The van der Waals surface area contributed by atoms with Crippen LogP contribution in [0.4, 0.5) is 10.5 Å². The number of hydrogen-bond acceptors (Lipinski definition) is 3. The number of anilines is 1. The quantitative estimate of drug-likeness (QED) is 0.753.